The molecule has 0 spiro atoms. The Morgan fingerprint density at radius 3 is 3.31 bits per heavy atom. The summed E-state index contributed by atoms with van der Waals surface area (Å²) in [5, 5.41) is 0.0708. The van der Waals surface area contributed by atoms with Gasteiger partial charge in [-0.3, -0.25) is 4.79 Å². The van der Waals surface area contributed by atoms with Gasteiger partial charge in [0.1, 0.15) is 11.2 Å². The number of nitrogens with zero attached hydrogens (tertiary/aromatic N) is 2. The number of carbonyl (C=O) groups excluding carboxylic acids is 1. The number of H-pyrrole nitrogens is 1. The van der Waals surface area contributed by atoms with Crippen molar-refractivity contribution >= 4 is 28.0 Å². The number of fused-ring (bicyclic) bond motifs is 1. The highest BCUT2D eigenvalue weighted by Crippen LogP contribution is 2.05. The van der Waals surface area contributed by atoms with Gasteiger partial charge in [-0.2, -0.15) is 0 Å². The minimum absolute atomic E-state index is 0.0708. The van der Waals surface area contributed by atoms with E-state index >= 15 is 0 Å². The fourth-order valence-corrected chi connectivity index (χ4v) is 1.50. The van der Waals surface area contributed by atoms with Crippen molar-refractivity contribution in [3.05, 3.63) is 24.2 Å². The average molecular weight is 231 g/mol. The number of carbonyl (C=O) groups is 1. The quantitative estimate of drug-likeness (QED) is 0.757. The third kappa shape index (κ3) is 2.61. The Bertz CT molecular complexity index is 579. The molecule has 4 nitrogen and oxygen atoms in total. The molecule has 1 N–H and O–H groups in total. The molecular weight excluding hydrogens is 222 g/mol. The molecule has 0 unspecified atom stereocenters. The van der Waals surface area contributed by atoms with Crippen molar-refractivity contribution in [1.29, 1.82) is 0 Å². The van der Waals surface area contributed by atoms with E-state index in [1.54, 1.807) is 12.4 Å². The Morgan fingerprint density at radius 2 is 2.50 bits per heavy atom. The second-order valence-electron chi connectivity index (χ2n) is 3.05. The maximum absolute atomic E-state index is 10.7. The summed E-state index contributed by atoms with van der Waals surface area (Å²) in [6.45, 7) is 1.53. The van der Waals surface area contributed by atoms with Crippen molar-refractivity contribution < 1.29 is 4.79 Å². The number of nitrogens with one attached hydrogen (secondary N) is 1. The molecule has 0 aromatic carbocycles. The average Bonchev–Trinajstić information content (AvgIpc) is 2.71. The highest BCUT2D eigenvalue weighted by molar-refractivity contribution is 8.13. The highest BCUT2D eigenvalue weighted by atomic mass is 32.2. The van der Waals surface area contributed by atoms with E-state index in [2.05, 4.69) is 26.8 Å². The molecule has 0 bridgehead atoms. The van der Waals surface area contributed by atoms with Crippen LogP contribution in [0.1, 0.15) is 12.6 Å². The molecule has 0 aliphatic rings. The molecule has 0 amide bonds. The normalized spacial score (nSPS) is 9.81. The third-order valence-electron chi connectivity index (χ3n) is 1.82. The smallest absolute Gasteiger partial charge is 0.186 e. The van der Waals surface area contributed by atoms with Gasteiger partial charge in [0.05, 0.1) is 11.9 Å². The first-order valence-corrected chi connectivity index (χ1v) is 5.66. The maximum atomic E-state index is 10.7. The summed E-state index contributed by atoms with van der Waals surface area (Å²) in [5.74, 6) is 6.23. The van der Waals surface area contributed by atoms with Gasteiger partial charge in [-0.05, 0) is 12.0 Å². The monoisotopic (exact) mass is 231 g/mol. The van der Waals surface area contributed by atoms with E-state index < -0.39 is 0 Å². The van der Waals surface area contributed by atoms with Gasteiger partial charge in [-0.15, -0.1) is 0 Å². The molecule has 0 saturated heterocycles. The number of hydrogen-bond donors (Lipinski definition) is 1. The van der Waals surface area contributed by atoms with Crippen molar-refractivity contribution in [3.8, 4) is 11.8 Å². The molecule has 2 aromatic heterocycles. The predicted octanol–water partition coefficient (Wildman–Crippen LogP) is 1.59. The standard InChI is InChI=1S/C11H9N3OS/c1-8(15)16-6-2-3-9-7-13-11-10(14-9)4-5-12-11/h4-5,7H,6H2,1H3,(H,12,13). The lowest BCUT2D eigenvalue weighted by molar-refractivity contribution is -0.109. The lowest BCUT2D eigenvalue weighted by Gasteiger charge is -1.90. The van der Waals surface area contributed by atoms with Crippen LogP contribution in [0, 0.1) is 11.8 Å². The molecule has 2 heterocycles. The lowest BCUT2D eigenvalue weighted by Crippen LogP contribution is -1.87. The maximum Gasteiger partial charge on any atom is 0.186 e. The zero-order valence-electron chi connectivity index (χ0n) is 8.65. The molecule has 0 radical (unpaired) electrons. The number of thioether (sulfide) groups is 1. The van der Waals surface area contributed by atoms with Gasteiger partial charge in [0.15, 0.2) is 10.8 Å². The molecule has 0 aliphatic carbocycles. The van der Waals surface area contributed by atoms with Crippen molar-refractivity contribution in [2.45, 2.75) is 6.92 Å². The Morgan fingerprint density at radius 1 is 1.62 bits per heavy atom. The molecule has 5 heteroatoms. The number of aromatic amines is 1. The molecule has 80 valence electrons. The van der Waals surface area contributed by atoms with Gasteiger partial charge >= 0.3 is 0 Å². The summed E-state index contributed by atoms with van der Waals surface area (Å²) in [6.07, 6.45) is 3.40. The first-order chi connectivity index (χ1) is 7.75. The number of hydrogen-bond acceptors (Lipinski definition) is 4. The Labute approximate surface area is 96.9 Å². The molecule has 0 saturated carbocycles. The second kappa shape index (κ2) is 4.81. The lowest BCUT2D eigenvalue weighted by atomic mass is 10.4. The zero-order chi connectivity index (χ0) is 11.4. The predicted molar refractivity (Wildman–Crippen MR) is 63.9 cm³/mol. The molecule has 2 aromatic rings. The van der Waals surface area contributed by atoms with E-state index in [-0.39, 0.29) is 5.12 Å². The van der Waals surface area contributed by atoms with Crippen LogP contribution in [0.15, 0.2) is 18.5 Å². The van der Waals surface area contributed by atoms with Gasteiger partial charge in [0, 0.05) is 13.1 Å². The largest absolute Gasteiger partial charge is 0.345 e. The van der Waals surface area contributed by atoms with Crippen LogP contribution < -0.4 is 0 Å². The fraction of sp³-hybridized carbons (Fsp3) is 0.182. The summed E-state index contributed by atoms with van der Waals surface area (Å²) in [7, 11) is 0. The summed E-state index contributed by atoms with van der Waals surface area (Å²) in [5.41, 5.74) is 2.17. The van der Waals surface area contributed by atoms with Crippen molar-refractivity contribution in [1.82, 2.24) is 15.0 Å². The molecule has 0 atom stereocenters. The van der Waals surface area contributed by atoms with Gasteiger partial charge < -0.3 is 4.98 Å². The third-order valence-corrected chi connectivity index (χ3v) is 2.52. The highest BCUT2D eigenvalue weighted by Gasteiger charge is 1.97. The van der Waals surface area contributed by atoms with Crippen LogP contribution in [-0.4, -0.2) is 25.8 Å². The van der Waals surface area contributed by atoms with E-state index in [9.17, 15) is 4.79 Å². The molecular formula is C11H9N3OS. The van der Waals surface area contributed by atoms with E-state index in [0.29, 0.717) is 11.4 Å². The summed E-state index contributed by atoms with van der Waals surface area (Å²) >= 11 is 1.19. The van der Waals surface area contributed by atoms with E-state index in [1.807, 2.05) is 6.07 Å². The minimum Gasteiger partial charge on any atom is -0.345 e. The number of rotatable bonds is 1. The van der Waals surface area contributed by atoms with Crippen LogP contribution in [0.5, 0.6) is 0 Å². The summed E-state index contributed by atoms with van der Waals surface area (Å²) in [6, 6.07) is 1.85. The minimum atomic E-state index is 0.0708. The molecule has 2 rings (SSSR count). The number of aromatic nitrogens is 3. The Hall–Kier alpha value is -1.80. The Balaban J connectivity index is 2.11. The van der Waals surface area contributed by atoms with Gasteiger partial charge in [0.2, 0.25) is 0 Å². The van der Waals surface area contributed by atoms with Crippen LogP contribution in [0.25, 0.3) is 11.2 Å². The SMILES string of the molecule is CC(=O)SCC#Cc1cnc2[nH]ccc2n1. The summed E-state index contributed by atoms with van der Waals surface area (Å²) < 4.78 is 0. The topological polar surface area (TPSA) is 58.6 Å². The van der Waals surface area contributed by atoms with Crippen LogP contribution >= 0.6 is 11.8 Å². The summed E-state index contributed by atoms with van der Waals surface area (Å²) in [4.78, 5) is 22.1. The van der Waals surface area contributed by atoms with E-state index in [4.69, 9.17) is 0 Å². The molecule has 16 heavy (non-hydrogen) atoms. The molecule has 0 fully saturated rings. The van der Waals surface area contributed by atoms with Gasteiger partial charge in [-0.1, -0.05) is 17.7 Å². The van der Waals surface area contributed by atoms with Crippen molar-refractivity contribution in [2.75, 3.05) is 5.75 Å². The first-order valence-electron chi connectivity index (χ1n) is 4.68. The zero-order valence-corrected chi connectivity index (χ0v) is 9.47. The van der Waals surface area contributed by atoms with E-state index in [1.165, 1.54) is 18.7 Å². The van der Waals surface area contributed by atoms with Crippen LogP contribution in [-0.2, 0) is 4.79 Å². The first kappa shape index (κ1) is 10.7. The van der Waals surface area contributed by atoms with Crippen LogP contribution in [0.2, 0.25) is 0 Å². The van der Waals surface area contributed by atoms with Gasteiger partial charge in [0.25, 0.3) is 0 Å². The van der Waals surface area contributed by atoms with Gasteiger partial charge in [-0.25, -0.2) is 9.97 Å². The Kier molecular flexibility index (Phi) is 3.22. The fourth-order valence-electron chi connectivity index (χ4n) is 1.15. The van der Waals surface area contributed by atoms with Crippen molar-refractivity contribution in [3.63, 3.8) is 0 Å². The van der Waals surface area contributed by atoms with Crippen LogP contribution in [0.4, 0.5) is 0 Å². The van der Waals surface area contributed by atoms with Crippen molar-refractivity contribution in [2.24, 2.45) is 0 Å². The molecule has 0 aliphatic heterocycles. The van der Waals surface area contributed by atoms with Crippen LogP contribution in [0.3, 0.4) is 0 Å². The second-order valence-corrected chi connectivity index (χ2v) is 4.20. The van der Waals surface area contributed by atoms with E-state index in [0.717, 1.165) is 11.2 Å².